The molecule has 3 nitrogen and oxygen atoms in total. The molecule has 0 aliphatic rings. The van der Waals surface area contributed by atoms with Crippen molar-refractivity contribution in [3.05, 3.63) is 34.9 Å². The highest BCUT2D eigenvalue weighted by atomic mass is 16.4. The van der Waals surface area contributed by atoms with Gasteiger partial charge in [-0.3, -0.25) is 4.79 Å². The lowest BCUT2D eigenvalue weighted by Crippen LogP contribution is -2.27. The molecule has 0 amide bonds. The van der Waals surface area contributed by atoms with Crippen LogP contribution in [-0.2, 0) is 4.79 Å². The minimum atomic E-state index is -0.804. The number of aliphatic carboxylic acids is 1. The predicted molar refractivity (Wildman–Crippen MR) is 64.6 cm³/mol. The Hall–Kier alpha value is -1.35. The average molecular weight is 221 g/mol. The summed E-state index contributed by atoms with van der Waals surface area (Å²) in [6.07, 6.45) is 0.0839. The second-order valence-corrected chi connectivity index (χ2v) is 4.48. The van der Waals surface area contributed by atoms with E-state index >= 15 is 0 Å². The second kappa shape index (κ2) is 5.12. The van der Waals surface area contributed by atoms with Crippen LogP contribution < -0.4 is 5.73 Å². The molecule has 2 unspecified atom stereocenters. The number of aryl methyl sites for hydroxylation is 2. The Kier molecular flexibility index (Phi) is 4.07. The fourth-order valence-electron chi connectivity index (χ4n) is 2.02. The summed E-state index contributed by atoms with van der Waals surface area (Å²) in [5.74, 6) is -0.919. The molecular formula is C13H19NO2. The van der Waals surface area contributed by atoms with Crippen molar-refractivity contribution < 1.29 is 9.90 Å². The third-order valence-corrected chi connectivity index (χ3v) is 2.70. The van der Waals surface area contributed by atoms with E-state index in [-0.39, 0.29) is 18.4 Å². The van der Waals surface area contributed by atoms with Crippen LogP contribution in [0.25, 0.3) is 0 Å². The normalized spacial score (nSPS) is 14.5. The first-order valence-corrected chi connectivity index (χ1v) is 5.45. The predicted octanol–water partition coefficient (Wildman–Crippen LogP) is 2.21. The Morgan fingerprint density at radius 3 is 2.19 bits per heavy atom. The molecule has 0 saturated carbocycles. The highest BCUT2D eigenvalue weighted by molar-refractivity contribution is 5.68. The molecule has 0 spiro atoms. The van der Waals surface area contributed by atoms with Crippen molar-refractivity contribution in [3.63, 3.8) is 0 Å². The highest BCUT2D eigenvalue weighted by Gasteiger charge is 2.19. The molecule has 1 aromatic carbocycles. The Balaban J connectivity index is 3.05. The van der Waals surface area contributed by atoms with Gasteiger partial charge in [-0.2, -0.15) is 0 Å². The Morgan fingerprint density at radius 2 is 1.81 bits per heavy atom. The van der Waals surface area contributed by atoms with Crippen LogP contribution >= 0.6 is 0 Å². The first-order chi connectivity index (χ1) is 7.40. The molecule has 88 valence electrons. The minimum absolute atomic E-state index is 0.0839. The number of carbonyl (C=O) groups is 1. The molecule has 1 rings (SSSR count). The van der Waals surface area contributed by atoms with Gasteiger partial charge in [0.05, 0.1) is 6.42 Å². The van der Waals surface area contributed by atoms with Crippen LogP contribution in [0.4, 0.5) is 0 Å². The third-order valence-electron chi connectivity index (χ3n) is 2.70. The van der Waals surface area contributed by atoms with Crippen molar-refractivity contribution in [2.24, 2.45) is 5.73 Å². The van der Waals surface area contributed by atoms with Gasteiger partial charge in [0.1, 0.15) is 0 Å². The maximum Gasteiger partial charge on any atom is 0.304 e. The summed E-state index contributed by atoms with van der Waals surface area (Å²) in [6, 6.07) is 5.95. The molecule has 3 N–H and O–H groups in total. The molecule has 3 heteroatoms. The monoisotopic (exact) mass is 221 g/mol. The molecule has 0 saturated heterocycles. The van der Waals surface area contributed by atoms with Gasteiger partial charge in [0.15, 0.2) is 0 Å². The van der Waals surface area contributed by atoms with E-state index in [1.54, 1.807) is 0 Å². The zero-order chi connectivity index (χ0) is 12.3. The van der Waals surface area contributed by atoms with Crippen LogP contribution in [0.15, 0.2) is 18.2 Å². The van der Waals surface area contributed by atoms with Gasteiger partial charge in [0, 0.05) is 12.0 Å². The topological polar surface area (TPSA) is 63.3 Å². The smallest absolute Gasteiger partial charge is 0.304 e. The number of hydrogen-bond acceptors (Lipinski definition) is 2. The zero-order valence-electron chi connectivity index (χ0n) is 10.0. The fraction of sp³-hybridized carbons (Fsp3) is 0.462. The molecular weight excluding hydrogens is 202 g/mol. The van der Waals surface area contributed by atoms with E-state index in [1.165, 1.54) is 0 Å². The van der Waals surface area contributed by atoms with Crippen molar-refractivity contribution in [3.8, 4) is 0 Å². The van der Waals surface area contributed by atoms with Gasteiger partial charge in [-0.25, -0.2) is 0 Å². The van der Waals surface area contributed by atoms with Crippen molar-refractivity contribution in [1.29, 1.82) is 0 Å². The molecule has 0 bridgehead atoms. The molecule has 0 fully saturated rings. The van der Waals surface area contributed by atoms with Gasteiger partial charge in [-0.05, 0) is 26.3 Å². The number of carboxylic acids is 1. The maximum atomic E-state index is 10.8. The Morgan fingerprint density at radius 1 is 1.31 bits per heavy atom. The van der Waals surface area contributed by atoms with E-state index in [2.05, 4.69) is 6.07 Å². The number of carboxylic acid groups (broad SMARTS) is 1. The summed E-state index contributed by atoms with van der Waals surface area (Å²) in [4.78, 5) is 10.8. The number of benzene rings is 1. The fourth-order valence-corrected chi connectivity index (χ4v) is 2.02. The Bertz CT molecular complexity index is 365. The average Bonchev–Trinajstić information content (AvgIpc) is 2.11. The van der Waals surface area contributed by atoms with E-state index < -0.39 is 5.97 Å². The largest absolute Gasteiger partial charge is 0.481 e. The summed E-state index contributed by atoms with van der Waals surface area (Å²) in [5, 5.41) is 8.88. The van der Waals surface area contributed by atoms with E-state index in [0.717, 1.165) is 16.7 Å². The van der Waals surface area contributed by atoms with Crippen molar-refractivity contribution >= 4 is 5.97 Å². The number of rotatable bonds is 4. The SMILES string of the molecule is Cc1cc(C)cc(C(CC(=O)O)C(C)N)c1. The van der Waals surface area contributed by atoms with E-state index in [4.69, 9.17) is 10.8 Å². The summed E-state index contributed by atoms with van der Waals surface area (Å²) in [5.41, 5.74) is 9.17. The van der Waals surface area contributed by atoms with Gasteiger partial charge in [0.25, 0.3) is 0 Å². The molecule has 2 atom stereocenters. The van der Waals surface area contributed by atoms with Gasteiger partial charge >= 0.3 is 5.97 Å². The Labute approximate surface area is 96.3 Å². The molecule has 0 aromatic heterocycles. The standard InChI is InChI=1S/C13H19NO2/c1-8-4-9(2)6-11(5-8)12(10(3)14)7-13(15)16/h4-6,10,12H,7,14H2,1-3H3,(H,15,16). The molecule has 16 heavy (non-hydrogen) atoms. The van der Waals surface area contributed by atoms with Crippen molar-refractivity contribution in [1.82, 2.24) is 0 Å². The third kappa shape index (κ3) is 3.35. The second-order valence-electron chi connectivity index (χ2n) is 4.48. The van der Waals surface area contributed by atoms with Crippen molar-refractivity contribution in [2.75, 3.05) is 0 Å². The maximum absolute atomic E-state index is 10.8. The van der Waals surface area contributed by atoms with E-state index in [9.17, 15) is 4.79 Å². The summed E-state index contributed by atoms with van der Waals surface area (Å²) in [7, 11) is 0. The lowest BCUT2D eigenvalue weighted by molar-refractivity contribution is -0.137. The van der Waals surface area contributed by atoms with Gasteiger partial charge < -0.3 is 10.8 Å². The number of hydrogen-bond donors (Lipinski definition) is 2. The molecule has 0 heterocycles. The molecule has 1 aromatic rings. The highest BCUT2D eigenvalue weighted by Crippen LogP contribution is 2.24. The lowest BCUT2D eigenvalue weighted by Gasteiger charge is -2.20. The van der Waals surface area contributed by atoms with Crippen LogP contribution in [0.5, 0.6) is 0 Å². The van der Waals surface area contributed by atoms with Crippen LogP contribution in [0.2, 0.25) is 0 Å². The van der Waals surface area contributed by atoms with Crippen LogP contribution in [0.1, 0.15) is 36.0 Å². The summed E-state index contributed by atoms with van der Waals surface area (Å²) in [6.45, 7) is 5.87. The summed E-state index contributed by atoms with van der Waals surface area (Å²) < 4.78 is 0. The molecule has 0 aliphatic carbocycles. The first kappa shape index (κ1) is 12.7. The van der Waals surface area contributed by atoms with E-state index in [0.29, 0.717) is 0 Å². The van der Waals surface area contributed by atoms with Gasteiger partial charge in [-0.1, -0.05) is 29.3 Å². The van der Waals surface area contributed by atoms with Crippen molar-refractivity contribution in [2.45, 2.75) is 39.2 Å². The first-order valence-electron chi connectivity index (χ1n) is 5.45. The minimum Gasteiger partial charge on any atom is -0.481 e. The summed E-state index contributed by atoms with van der Waals surface area (Å²) >= 11 is 0. The van der Waals surface area contributed by atoms with Gasteiger partial charge in [0.2, 0.25) is 0 Å². The van der Waals surface area contributed by atoms with Crippen LogP contribution in [0.3, 0.4) is 0 Å². The van der Waals surface area contributed by atoms with Crippen LogP contribution in [0, 0.1) is 13.8 Å². The zero-order valence-corrected chi connectivity index (χ0v) is 10.0. The molecule has 0 aliphatic heterocycles. The lowest BCUT2D eigenvalue weighted by atomic mass is 9.88. The van der Waals surface area contributed by atoms with Gasteiger partial charge in [-0.15, -0.1) is 0 Å². The van der Waals surface area contributed by atoms with Crippen LogP contribution in [-0.4, -0.2) is 17.1 Å². The van der Waals surface area contributed by atoms with E-state index in [1.807, 2.05) is 32.9 Å². The quantitative estimate of drug-likeness (QED) is 0.819. The number of nitrogens with two attached hydrogens (primary N) is 1. The molecule has 0 radical (unpaired) electrons.